The topological polar surface area (TPSA) is 31.4 Å². The molecule has 0 saturated carbocycles. The van der Waals surface area contributed by atoms with Crippen molar-refractivity contribution in [2.24, 2.45) is 0 Å². The highest BCUT2D eigenvalue weighted by Gasteiger charge is 2.46. The summed E-state index contributed by atoms with van der Waals surface area (Å²) in [5, 5.41) is 3.25. The van der Waals surface area contributed by atoms with Gasteiger partial charge in [0.2, 0.25) is 0 Å². The van der Waals surface area contributed by atoms with Gasteiger partial charge < -0.3 is 15.1 Å². The number of hydrogen-bond acceptors (Lipinski definition) is 4. The van der Waals surface area contributed by atoms with Crippen LogP contribution in [0.4, 0.5) is 30.5 Å². The molecule has 0 amide bonds. The third-order valence-electron chi connectivity index (χ3n) is 4.40. The molecule has 22 heavy (non-hydrogen) atoms. The monoisotopic (exact) mass is 314 g/mol. The van der Waals surface area contributed by atoms with Gasteiger partial charge in [-0.2, -0.15) is 13.2 Å². The lowest BCUT2D eigenvalue weighted by atomic mass is 10.2. The van der Waals surface area contributed by atoms with Crippen LogP contribution in [-0.4, -0.2) is 43.4 Å². The summed E-state index contributed by atoms with van der Waals surface area (Å²) in [7, 11) is 0. The van der Waals surface area contributed by atoms with Crippen LogP contribution in [0.3, 0.4) is 0 Å². The molecule has 3 heterocycles. The van der Waals surface area contributed by atoms with Crippen LogP contribution in [0.25, 0.3) is 0 Å². The van der Waals surface area contributed by atoms with Gasteiger partial charge in [0.05, 0.1) is 5.69 Å². The minimum Gasteiger partial charge on any atom is -0.369 e. The molecule has 3 rings (SSSR count). The molecule has 2 aliphatic rings. The Morgan fingerprint density at radius 2 is 2.09 bits per heavy atom. The molecule has 1 fully saturated rings. The fourth-order valence-corrected chi connectivity index (χ4v) is 3.29. The van der Waals surface area contributed by atoms with E-state index in [9.17, 15) is 13.2 Å². The van der Waals surface area contributed by atoms with Crippen LogP contribution in [0.1, 0.15) is 26.2 Å². The molecule has 1 unspecified atom stereocenters. The predicted molar refractivity (Wildman–Crippen MR) is 81.7 cm³/mol. The number of pyridine rings is 1. The Hall–Kier alpha value is -1.66. The Balaban J connectivity index is 1.91. The number of halogens is 3. The summed E-state index contributed by atoms with van der Waals surface area (Å²) in [6.45, 7) is 5.08. The van der Waals surface area contributed by atoms with Crippen LogP contribution in [0.15, 0.2) is 12.1 Å². The van der Waals surface area contributed by atoms with E-state index in [0.29, 0.717) is 24.6 Å². The lowest BCUT2D eigenvalue weighted by Crippen LogP contribution is -2.41. The van der Waals surface area contributed by atoms with Gasteiger partial charge in [-0.15, -0.1) is 0 Å². The van der Waals surface area contributed by atoms with E-state index in [0.717, 1.165) is 31.7 Å². The van der Waals surface area contributed by atoms with Gasteiger partial charge in [0, 0.05) is 26.2 Å². The normalized spacial score (nSPS) is 22.3. The number of fused-ring (bicyclic) bond motifs is 1. The Morgan fingerprint density at radius 3 is 2.82 bits per heavy atom. The molecule has 0 radical (unpaired) electrons. The predicted octanol–water partition coefficient (Wildman–Crippen LogP) is 3.25. The lowest BCUT2D eigenvalue weighted by molar-refractivity contribution is -0.146. The van der Waals surface area contributed by atoms with Crippen molar-refractivity contribution in [2.45, 2.75) is 38.4 Å². The van der Waals surface area contributed by atoms with Crippen LogP contribution in [-0.2, 0) is 0 Å². The standard InChI is InChI=1S/C15H21F3N4/c1-2-21-9-4-8-19-14-11(21)6-7-13(20-14)22-10-3-5-12(22)15(16,17)18/h6-7,12H,2-5,8-10H2,1H3,(H,19,20). The van der Waals surface area contributed by atoms with Gasteiger partial charge in [-0.05, 0) is 38.3 Å². The summed E-state index contributed by atoms with van der Waals surface area (Å²) in [6, 6.07) is 2.20. The van der Waals surface area contributed by atoms with E-state index in [1.54, 1.807) is 6.07 Å². The fraction of sp³-hybridized carbons (Fsp3) is 0.667. The molecule has 1 saturated heterocycles. The molecule has 1 aromatic heterocycles. The number of hydrogen-bond donors (Lipinski definition) is 1. The Kier molecular flexibility index (Phi) is 4.06. The third-order valence-corrected chi connectivity index (χ3v) is 4.40. The van der Waals surface area contributed by atoms with Crippen LogP contribution in [0, 0.1) is 0 Å². The molecule has 0 aliphatic carbocycles. The number of rotatable bonds is 2. The van der Waals surface area contributed by atoms with E-state index >= 15 is 0 Å². The Bertz CT molecular complexity index is 532. The van der Waals surface area contributed by atoms with Gasteiger partial charge in [0.15, 0.2) is 5.82 Å². The Morgan fingerprint density at radius 1 is 1.27 bits per heavy atom. The van der Waals surface area contributed by atoms with E-state index in [1.807, 2.05) is 6.07 Å². The molecule has 1 atom stereocenters. The SMILES string of the molecule is CCN1CCCNc2nc(N3CCCC3C(F)(F)F)ccc21. The molecule has 1 aromatic rings. The van der Waals surface area contributed by atoms with Crippen LogP contribution < -0.4 is 15.1 Å². The fourth-order valence-electron chi connectivity index (χ4n) is 3.29. The molecular formula is C15H21F3N4. The zero-order valence-electron chi connectivity index (χ0n) is 12.7. The summed E-state index contributed by atoms with van der Waals surface area (Å²) in [6.07, 6.45) is -2.50. The molecule has 1 N–H and O–H groups in total. The van der Waals surface area contributed by atoms with Gasteiger partial charge in [-0.3, -0.25) is 0 Å². The highest BCUT2D eigenvalue weighted by Crippen LogP contribution is 2.37. The number of nitrogens with one attached hydrogen (secondary N) is 1. The minimum atomic E-state index is -4.20. The molecule has 2 aliphatic heterocycles. The smallest absolute Gasteiger partial charge is 0.369 e. The van der Waals surface area contributed by atoms with Crippen molar-refractivity contribution in [2.75, 3.05) is 41.3 Å². The third kappa shape index (κ3) is 2.80. The van der Waals surface area contributed by atoms with E-state index in [1.165, 1.54) is 4.90 Å². The quantitative estimate of drug-likeness (QED) is 0.908. The van der Waals surface area contributed by atoms with Crippen LogP contribution in [0.2, 0.25) is 0 Å². The molecule has 0 bridgehead atoms. The highest BCUT2D eigenvalue weighted by molar-refractivity contribution is 5.69. The molecule has 0 aromatic carbocycles. The average Bonchev–Trinajstić information content (AvgIpc) is 2.89. The second-order valence-corrected chi connectivity index (χ2v) is 5.79. The maximum Gasteiger partial charge on any atom is 0.408 e. The summed E-state index contributed by atoms with van der Waals surface area (Å²) < 4.78 is 39.4. The first-order valence-electron chi connectivity index (χ1n) is 7.84. The van der Waals surface area contributed by atoms with Gasteiger partial charge in [0.1, 0.15) is 11.9 Å². The largest absolute Gasteiger partial charge is 0.408 e. The summed E-state index contributed by atoms with van der Waals surface area (Å²) in [5.41, 5.74) is 0.978. The molecule has 0 spiro atoms. The average molecular weight is 314 g/mol. The second kappa shape index (κ2) is 5.85. The summed E-state index contributed by atoms with van der Waals surface area (Å²) >= 11 is 0. The van der Waals surface area contributed by atoms with Crippen LogP contribution >= 0.6 is 0 Å². The van der Waals surface area contributed by atoms with E-state index in [-0.39, 0.29) is 6.42 Å². The maximum atomic E-state index is 13.1. The van der Waals surface area contributed by atoms with Gasteiger partial charge in [0.25, 0.3) is 0 Å². The van der Waals surface area contributed by atoms with Crippen molar-refractivity contribution in [1.82, 2.24) is 4.98 Å². The van der Waals surface area contributed by atoms with Crippen molar-refractivity contribution >= 4 is 17.3 Å². The second-order valence-electron chi connectivity index (χ2n) is 5.79. The molecule has 4 nitrogen and oxygen atoms in total. The lowest BCUT2D eigenvalue weighted by Gasteiger charge is -2.29. The van der Waals surface area contributed by atoms with Crippen molar-refractivity contribution in [3.8, 4) is 0 Å². The van der Waals surface area contributed by atoms with Crippen molar-refractivity contribution in [3.63, 3.8) is 0 Å². The minimum absolute atomic E-state index is 0.150. The number of nitrogens with zero attached hydrogens (tertiary/aromatic N) is 3. The van der Waals surface area contributed by atoms with Crippen molar-refractivity contribution in [3.05, 3.63) is 12.1 Å². The zero-order chi connectivity index (χ0) is 15.7. The van der Waals surface area contributed by atoms with Crippen molar-refractivity contribution in [1.29, 1.82) is 0 Å². The highest BCUT2D eigenvalue weighted by atomic mass is 19.4. The van der Waals surface area contributed by atoms with Gasteiger partial charge in [-0.1, -0.05) is 0 Å². The van der Waals surface area contributed by atoms with E-state index in [2.05, 4.69) is 22.1 Å². The number of alkyl halides is 3. The number of aromatic nitrogens is 1. The molecular weight excluding hydrogens is 293 g/mol. The van der Waals surface area contributed by atoms with Crippen molar-refractivity contribution < 1.29 is 13.2 Å². The first-order valence-corrected chi connectivity index (χ1v) is 7.84. The first-order chi connectivity index (χ1) is 10.5. The molecule has 7 heteroatoms. The summed E-state index contributed by atoms with van der Waals surface area (Å²) in [4.78, 5) is 8.09. The summed E-state index contributed by atoms with van der Waals surface area (Å²) in [5.74, 6) is 1.12. The van der Waals surface area contributed by atoms with Crippen LogP contribution in [0.5, 0.6) is 0 Å². The van der Waals surface area contributed by atoms with E-state index in [4.69, 9.17) is 0 Å². The van der Waals surface area contributed by atoms with E-state index < -0.39 is 12.2 Å². The maximum absolute atomic E-state index is 13.1. The Labute approximate surface area is 128 Å². The van der Waals surface area contributed by atoms with Gasteiger partial charge in [-0.25, -0.2) is 4.98 Å². The molecule has 122 valence electrons. The number of anilines is 3. The first kappa shape index (κ1) is 15.2. The zero-order valence-corrected chi connectivity index (χ0v) is 12.7. The van der Waals surface area contributed by atoms with Gasteiger partial charge >= 0.3 is 6.18 Å².